The number of nitrogens with zero attached hydrogens (tertiary/aromatic N) is 1. The lowest BCUT2D eigenvalue weighted by molar-refractivity contribution is -0.191. The average Bonchev–Trinajstić information content (AvgIpc) is 3.26. The van der Waals surface area contributed by atoms with E-state index in [2.05, 4.69) is 37.8 Å². The van der Waals surface area contributed by atoms with Crippen LogP contribution in [0.25, 0.3) is 11.3 Å². The van der Waals surface area contributed by atoms with E-state index >= 15 is 0 Å². The van der Waals surface area contributed by atoms with Crippen LogP contribution in [0, 0.1) is 12.8 Å². The molecule has 0 aliphatic carbocycles. The van der Waals surface area contributed by atoms with Crippen molar-refractivity contribution >= 4 is 17.9 Å². The van der Waals surface area contributed by atoms with Crippen LogP contribution in [0.15, 0.2) is 46.7 Å². The maximum atomic E-state index is 13.0. The van der Waals surface area contributed by atoms with Gasteiger partial charge >= 0.3 is 12.1 Å². The number of rotatable bonds is 3. The van der Waals surface area contributed by atoms with E-state index in [9.17, 15) is 9.59 Å². The number of benzene rings is 1. The van der Waals surface area contributed by atoms with Gasteiger partial charge in [-0.15, -0.1) is 0 Å². The molecule has 34 heavy (non-hydrogen) atoms. The first-order chi connectivity index (χ1) is 16.0. The molecule has 0 bridgehead atoms. The van der Waals surface area contributed by atoms with Gasteiger partial charge in [-0.05, 0) is 74.9 Å². The van der Waals surface area contributed by atoms with Crippen LogP contribution < -0.4 is 0 Å². The predicted molar refractivity (Wildman–Crippen MR) is 124 cm³/mol. The van der Waals surface area contributed by atoms with E-state index in [0.29, 0.717) is 5.92 Å². The molecule has 4 rings (SSSR count). The van der Waals surface area contributed by atoms with Gasteiger partial charge in [0.1, 0.15) is 16.9 Å². The summed E-state index contributed by atoms with van der Waals surface area (Å²) in [4.78, 5) is 44.2. The van der Waals surface area contributed by atoms with E-state index in [1.807, 2.05) is 32.9 Å². The van der Waals surface area contributed by atoms with E-state index < -0.39 is 11.6 Å². The summed E-state index contributed by atoms with van der Waals surface area (Å²) in [6.45, 7) is 11.9. The van der Waals surface area contributed by atoms with Gasteiger partial charge in [0.05, 0.1) is 12.3 Å². The molecule has 0 saturated carbocycles. The summed E-state index contributed by atoms with van der Waals surface area (Å²) in [6, 6.07) is 8.39. The standard InChI is InChI=1S/C26H31NO4.CO2/c1-15(2)21-12-17-11-18(24-8-7-9-30-24)16(3)10-19(17)22-13-23(28)20(14-27(21)22)25(29)31-26(4,5)6;2-1-3/h7-11,14-15,21-22H,12-13H2,1-6H3;. The Morgan fingerprint density at radius 2 is 1.88 bits per heavy atom. The molecule has 0 fully saturated rings. The number of carbonyl (C=O) groups is 2. The van der Waals surface area contributed by atoms with Crippen LogP contribution >= 0.6 is 0 Å². The molecule has 0 radical (unpaired) electrons. The zero-order chi connectivity index (χ0) is 25.2. The summed E-state index contributed by atoms with van der Waals surface area (Å²) in [5.74, 6) is 0.524. The first kappa shape index (κ1) is 25.2. The maximum Gasteiger partial charge on any atom is 0.373 e. The Labute approximate surface area is 199 Å². The van der Waals surface area contributed by atoms with Crippen molar-refractivity contribution in [1.82, 2.24) is 4.90 Å². The molecule has 2 unspecified atom stereocenters. The smallest absolute Gasteiger partial charge is 0.373 e. The number of hydrogen-bond acceptors (Lipinski definition) is 7. The molecule has 3 heterocycles. The van der Waals surface area contributed by atoms with Gasteiger partial charge in [0, 0.05) is 24.2 Å². The van der Waals surface area contributed by atoms with Crippen molar-refractivity contribution in [3.05, 3.63) is 59.0 Å². The van der Waals surface area contributed by atoms with Crippen LogP contribution in [0.2, 0.25) is 0 Å². The first-order valence-electron chi connectivity index (χ1n) is 11.4. The molecular weight excluding hydrogens is 434 g/mol. The van der Waals surface area contributed by atoms with Gasteiger partial charge in [0.2, 0.25) is 0 Å². The Balaban J connectivity index is 0.00000103. The van der Waals surface area contributed by atoms with Crippen LogP contribution in [-0.2, 0) is 30.3 Å². The number of fused-ring (bicyclic) bond motifs is 3. The first-order valence-corrected chi connectivity index (χ1v) is 11.4. The second-order valence-corrected chi connectivity index (χ2v) is 10.1. The molecule has 2 aliphatic heterocycles. The number of aryl methyl sites for hydroxylation is 1. The number of Topliss-reactive ketones (excluding diaryl/α,β-unsaturated/α-hetero) is 1. The Hall–Kier alpha value is -3.44. The van der Waals surface area contributed by atoms with Gasteiger partial charge in [-0.2, -0.15) is 9.59 Å². The fourth-order valence-electron chi connectivity index (χ4n) is 4.67. The highest BCUT2D eigenvalue weighted by Gasteiger charge is 2.41. The third-order valence-electron chi connectivity index (χ3n) is 6.15. The SMILES string of the molecule is Cc1cc2c(cc1-c1ccco1)CC(C(C)C)N1C=C(C(=O)OC(C)(C)C)C(=O)CC21.O=C=O. The van der Waals surface area contributed by atoms with Gasteiger partial charge < -0.3 is 14.1 Å². The lowest BCUT2D eigenvalue weighted by Crippen LogP contribution is -2.47. The van der Waals surface area contributed by atoms with Crippen molar-refractivity contribution < 1.29 is 28.3 Å². The van der Waals surface area contributed by atoms with Crippen molar-refractivity contribution in [3.63, 3.8) is 0 Å². The lowest BCUT2D eigenvalue weighted by Gasteiger charge is -2.47. The van der Waals surface area contributed by atoms with Crippen LogP contribution in [-0.4, -0.2) is 34.4 Å². The molecule has 0 saturated heterocycles. The highest BCUT2D eigenvalue weighted by molar-refractivity contribution is 6.18. The van der Waals surface area contributed by atoms with Gasteiger partial charge in [-0.1, -0.05) is 19.9 Å². The van der Waals surface area contributed by atoms with E-state index in [1.165, 1.54) is 5.56 Å². The lowest BCUT2D eigenvalue weighted by atomic mass is 9.78. The molecule has 0 N–H and O–H groups in total. The molecule has 180 valence electrons. The fourth-order valence-corrected chi connectivity index (χ4v) is 4.67. The third-order valence-corrected chi connectivity index (χ3v) is 6.15. The number of hydrogen-bond donors (Lipinski definition) is 0. The second-order valence-electron chi connectivity index (χ2n) is 10.1. The predicted octanol–water partition coefficient (Wildman–Crippen LogP) is 4.79. The van der Waals surface area contributed by atoms with Crippen molar-refractivity contribution in [1.29, 1.82) is 0 Å². The molecule has 2 atom stereocenters. The molecule has 7 nitrogen and oxygen atoms in total. The van der Waals surface area contributed by atoms with Crippen LogP contribution in [0.1, 0.15) is 63.8 Å². The fraction of sp³-hybridized carbons (Fsp3) is 0.444. The van der Waals surface area contributed by atoms with Crippen LogP contribution in [0.5, 0.6) is 0 Å². The molecule has 2 aromatic rings. The minimum atomic E-state index is -0.639. The minimum absolute atomic E-state index is 0.0702. The summed E-state index contributed by atoms with van der Waals surface area (Å²) in [5.41, 5.74) is 4.14. The number of ketones is 1. The normalized spacial score (nSPS) is 19.3. The van der Waals surface area contributed by atoms with E-state index in [-0.39, 0.29) is 36.0 Å². The van der Waals surface area contributed by atoms with Crippen molar-refractivity contribution in [2.75, 3.05) is 0 Å². The van der Waals surface area contributed by atoms with Gasteiger partial charge in [-0.3, -0.25) is 4.79 Å². The highest BCUT2D eigenvalue weighted by Crippen LogP contribution is 2.43. The number of esters is 1. The number of ether oxygens (including phenoxy) is 1. The summed E-state index contributed by atoms with van der Waals surface area (Å²) in [6.07, 6.45) is 4.83. The number of carbonyl (C=O) groups excluding carboxylic acids is 4. The Bertz CT molecular complexity index is 1130. The molecule has 2 aliphatic rings. The van der Waals surface area contributed by atoms with E-state index in [0.717, 1.165) is 28.9 Å². The summed E-state index contributed by atoms with van der Waals surface area (Å²) >= 11 is 0. The largest absolute Gasteiger partial charge is 0.464 e. The molecule has 0 spiro atoms. The van der Waals surface area contributed by atoms with Gasteiger partial charge in [0.25, 0.3) is 0 Å². The number of furan rings is 1. The zero-order valence-corrected chi connectivity index (χ0v) is 20.5. The topological polar surface area (TPSA) is 93.9 Å². The average molecular weight is 466 g/mol. The van der Waals surface area contributed by atoms with Crippen LogP contribution in [0.3, 0.4) is 0 Å². The zero-order valence-electron chi connectivity index (χ0n) is 20.5. The van der Waals surface area contributed by atoms with Gasteiger partial charge in [-0.25, -0.2) is 4.79 Å². The molecule has 1 aromatic heterocycles. The van der Waals surface area contributed by atoms with Gasteiger partial charge in [0.15, 0.2) is 5.78 Å². The van der Waals surface area contributed by atoms with Crippen molar-refractivity contribution in [2.45, 2.75) is 72.1 Å². The summed E-state index contributed by atoms with van der Waals surface area (Å²) in [7, 11) is 0. The molecule has 7 heteroatoms. The Morgan fingerprint density at radius 1 is 1.21 bits per heavy atom. The Morgan fingerprint density at radius 3 is 2.44 bits per heavy atom. The van der Waals surface area contributed by atoms with E-state index in [1.54, 1.807) is 12.5 Å². The Kier molecular flexibility index (Phi) is 7.27. The quantitative estimate of drug-likeness (QED) is 0.475. The summed E-state index contributed by atoms with van der Waals surface area (Å²) < 4.78 is 11.1. The minimum Gasteiger partial charge on any atom is -0.464 e. The second kappa shape index (κ2) is 9.82. The van der Waals surface area contributed by atoms with Crippen LogP contribution in [0.4, 0.5) is 0 Å². The molecule has 1 aromatic carbocycles. The third kappa shape index (κ3) is 5.20. The van der Waals surface area contributed by atoms with Crippen molar-refractivity contribution in [3.8, 4) is 11.3 Å². The monoisotopic (exact) mass is 465 g/mol. The summed E-state index contributed by atoms with van der Waals surface area (Å²) in [5, 5.41) is 0. The highest BCUT2D eigenvalue weighted by atomic mass is 16.6. The van der Waals surface area contributed by atoms with E-state index in [4.69, 9.17) is 18.7 Å². The molecule has 0 amide bonds. The maximum absolute atomic E-state index is 13.0. The molecular formula is C27H31NO6. The van der Waals surface area contributed by atoms with Crippen molar-refractivity contribution in [2.24, 2.45) is 5.92 Å².